The van der Waals surface area contributed by atoms with E-state index in [1.54, 1.807) is 0 Å². The predicted molar refractivity (Wildman–Crippen MR) is 138 cm³/mol. The van der Waals surface area contributed by atoms with Gasteiger partial charge >= 0.3 is 24.0 Å². The van der Waals surface area contributed by atoms with Crippen molar-refractivity contribution in [3.63, 3.8) is 0 Å². The van der Waals surface area contributed by atoms with Crippen LogP contribution in [0.2, 0.25) is 0 Å². The summed E-state index contributed by atoms with van der Waals surface area (Å²) in [6.07, 6.45) is -2.96. The highest BCUT2D eigenvalue weighted by atomic mass is 80.0. The molecule has 0 N–H and O–H groups in total. The molecule has 3 heterocycles. The lowest BCUT2D eigenvalue weighted by molar-refractivity contribution is 0.0892. The van der Waals surface area contributed by atoms with E-state index in [4.69, 9.17) is 18.3 Å². The Kier molecular flexibility index (Phi) is 7.12. The summed E-state index contributed by atoms with van der Waals surface area (Å²) in [6.45, 7) is 0. The monoisotopic (exact) mass is 853 g/mol. The molecular formula is C18H4Br6O10. The largest absolute Gasteiger partial charge is 0.524 e. The quantitative estimate of drug-likeness (QED) is 0.0986. The first kappa shape index (κ1) is 25.9. The van der Waals surface area contributed by atoms with Gasteiger partial charge in [0.25, 0.3) is 0 Å². The summed E-state index contributed by atoms with van der Waals surface area (Å²) in [5.41, 5.74) is 0.0707. The molecule has 0 aliphatic carbocycles. The molecule has 4 aromatic rings. The van der Waals surface area contributed by atoms with Crippen molar-refractivity contribution in [1.82, 2.24) is 0 Å². The van der Waals surface area contributed by atoms with E-state index in [2.05, 4.69) is 105 Å². The first-order valence-corrected chi connectivity index (χ1v) is 13.2. The Morgan fingerprint density at radius 3 is 1.26 bits per heavy atom. The van der Waals surface area contributed by atoms with Crippen LogP contribution in [0, 0.1) is 0 Å². The Labute approximate surface area is 237 Å². The molecule has 0 spiro atoms. The van der Waals surface area contributed by atoms with Crippen molar-refractivity contribution in [3.8, 4) is 11.5 Å². The lowest BCUT2D eigenvalue weighted by Gasteiger charge is -2.20. The third kappa shape index (κ3) is 5.46. The third-order valence-corrected chi connectivity index (χ3v) is 6.74. The Hall–Kier alpha value is -1.20. The summed E-state index contributed by atoms with van der Waals surface area (Å²) >= 11 is 20.6. The van der Waals surface area contributed by atoms with Crippen LogP contribution in [-0.2, 0) is 9.02 Å². The Balaban J connectivity index is 2.45. The minimum Gasteiger partial charge on any atom is -0.391 e. The van der Waals surface area contributed by atoms with Crippen LogP contribution in [-0.4, -0.2) is 12.3 Å². The van der Waals surface area contributed by atoms with Gasteiger partial charge < -0.3 is 27.5 Å². The molecule has 0 radical (unpaired) electrons. The third-order valence-electron chi connectivity index (χ3n) is 4.18. The van der Waals surface area contributed by atoms with Crippen LogP contribution in [0.3, 0.4) is 0 Å². The molecule has 0 unspecified atom stereocenters. The first-order valence-electron chi connectivity index (χ1n) is 8.46. The fourth-order valence-electron chi connectivity index (χ4n) is 2.93. The fourth-order valence-corrected chi connectivity index (χ4v) is 4.90. The molecule has 6 bridgehead atoms. The maximum atomic E-state index is 12.2. The van der Waals surface area contributed by atoms with E-state index in [-0.39, 0.29) is 22.7 Å². The van der Waals surface area contributed by atoms with Gasteiger partial charge in [-0.25, -0.2) is 19.2 Å². The summed E-state index contributed by atoms with van der Waals surface area (Å²) in [4.78, 5) is 48.8. The second-order valence-electron chi connectivity index (χ2n) is 6.30. The zero-order chi connectivity index (χ0) is 25.0. The van der Waals surface area contributed by atoms with Gasteiger partial charge in [-0.3, -0.25) is 0 Å². The van der Waals surface area contributed by atoms with Crippen LogP contribution < -0.4 is 21.1 Å². The zero-order valence-electron chi connectivity index (χ0n) is 15.7. The van der Waals surface area contributed by atoms with Crippen LogP contribution in [0.25, 0.3) is 21.9 Å². The van der Waals surface area contributed by atoms with Crippen LogP contribution in [0.5, 0.6) is 11.5 Å². The molecule has 1 aliphatic rings. The number of cyclic esters (lactones) is 2. The molecule has 5 rings (SSSR count). The second kappa shape index (κ2) is 9.35. The number of rotatable bonds is 0. The summed E-state index contributed by atoms with van der Waals surface area (Å²) < 4.78 is 27.1. The second-order valence-corrected chi connectivity index (χ2v) is 19.8. The van der Waals surface area contributed by atoms with E-state index in [1.807, 2.05) is 0 Å². The van der Waals surface area contributed by atoms with Crippen molar-refractivity contribution in [2.24, 2.45) is 0 Å². The number of hydrogen-bond donors (Lipinski definition) is 0. The topological polar surface area (TPSA) is 135 Å². The Morgan fingerprint density at radius 2 is 0.912 bits per heavy atom. The molecule has 0 atom stereocenters. The van der Waals surface area contributed by atoms with Crippen LogP contribution in [0.1, 0.15) is 11.1 Å². The summed E-state index contributed by atoms with van der Waals surface area (Å²) in [6, 6.07) is 5.32. The Morgan fingerprint density at radius 1 is 0.529 bits per heavy atom. The standard InChI is InChI=1S/C18H4Br6O10/c19-17(20,21)7-3-11-9-1-5(7)6-2-10(30-14(26)33-13(25)29-9)12(4-8(6)18(22,23)24)32-16(28)34-15(27)31-11/h1-4H. The van der Waals surface area contributed by atoms with E-state index in [9.17, 15) is 19.2 Å². The SMILES string of the molecule is O=C1OC(=O)Oc2cc3c(C(Br)(Br)Br)cc2oc(=O)oc(=O)oc2cc(C(Br)(Br)Br)c3cc2O1. The number of alkyl halides is 6. The molecule has 2 aromatic carbocycles. The van der Waals surface area contributed by atoms with Gasteiger partial charge in [0.05, 0.1) is 0 Å². The zero-order valence-corrected chi connectivity index (χ0v) is 25.2. The highest BCUT2D eigenvalue weighted by Crippen LogP contribution is 2.52. The molecule has 34 heavy (non-hydrogen) atoms. The first-order chi connectivity index (χ1) is 15.7. The molecule has 0 saturated heterocycles. The predicted octanol–water partition coefficient (Wildman–Crippen LogP) is 7.23. The van der Waals surface area contributed by atoms with Gasteiger partial charge in [0.15, 0.2) is 27.0 Å². The number of halogens is 6. The number of hydrogen-bond acceptors (Lipinski definition) is 10. The molecule has 2 aromatic heterocycles. The summed E-state index contributed by atoms with van der Waals surface area (Å²) in [5.74, 6) is -3.68. The molecule has 0 saturated carbocycles. The fraction of sp³-hybridized carbons (Fsp3) is 0.111. The highest BCUT2D eigenvalue weighted by Gasteiger charge is 2.31. The number of carbonyl (C=O) groups excluding carboxylic acids is 2. The van der Waals surface area contributed by atoms with E-state index >= 15 is 0 Å². The minimum atomic E-state index is -1.49. The molecular weight excluding hydrogens is 856 g/mol. The van der Waals surface area contributed by atoms with Gasteiger partial charge in [-0.1, -0.05) is 95.6 Å². The maximum absolute atomic E-state index is 12.2. The van der Waals surface area contributed by atoms with Crippen molar-refractivity contribution in [3.05, 3.63) is 56.6 Å². The van der Waals surface area contributed by atoms with Gasteiger partial charge in [-0.2, -0.15) is 0 Å². The molecule has 1 aliphatic heterocycles. The lowest BCUT2D eigenvalue weighted by atomic mass is 10.0. The smallest absolute Gasteiger partial charge is 0.391 e. The molecule has 0 amide bonds. The number of benzene rings is 2. The molecule has 178 valence electrons. The Bertz CT molecular complexity index is 1420. The van der Waals surface area contributed by atoms with Gasteiger partial charge in [-0.05, 0) is 35.0 Å². The maximum Gasteiger partial charge on any atom is 0.524 e. The van der Waals surface area contributed by atoms with Gasteiger partial charge in [0, 0.05) is 11.1 Å². The van der Waals surface area contributed by atoms with Gasteiger partial charge in [0.2, 0.25) is 0 Å². The van der Waals surface area contributed by atoms with E-state index < -0.39 is 28.2 Å². The summed E-state index contributed by atoms with van der Waals surface area (Å²) in [7, 11) is 0. The number of carbonyl (C=O) groups is 2. The van der Waals surface area contributed by atoms with Crippen LogP contribution in [0.15, 0.2) is 47.1 Å². The van der Waals surface area contributed by atoms with E-state index in [0.29, 0.717) is 21.9 Å². The molecule has 0 fully saturated rings. The average molecular weight is 860 g/mol. The average Bonchev–Trinajstić information content (AvgIpc) is 2.67. The normalized spacial score (nSPS) is 14.1. The number of fused-ring (bicyclic) bond motifs is 6. The van der Waals surface area contributed by atoms with Crippen molar-refractivity contribution >= 4 is 130 Å². The number of ether oxygens (including phenoxy) is 3. The van der Waals surface area contributed by atoms with E-state index in [1.165, 1.54) is 24.3 Å². The van der Waals surface area contributed by atoms with Crippen molar-refractivity contribution in [2.45, 2.75) is 4.29 Å². The molecule has 10 nitrogen and oxygen atoms in total. The van der Waals surface area contributed by atoms with Gasteiger partial charge in [-0.15, -0.1) is 0 Å². The van der Waals surface area contributed by atoms with Crippen molar-refractivity contribution in [1.29, 1.82) is 0 Å². The summed E-state index contributed by atoms with van der Waals surface area (Å²) in [5, 5.41) is 0.756. The van der Waals surface area contributed by atoms with Crippen molar-refractivity contribution in [2.75, 3.05) is 0 Å². The van der Waals surface area contributed by atoms with Crippen LogP contribution in [0.4, 0.5) is 9.59 Å². The van der Waals surface area contributed by atoms with Crippen molar-refractivity contribution < 1.29 is 37.1 Å². The van der Waals surface area contributed by atoms with Gasteiger partial charge in [0.1, 0.15) is 0 Å². The molecule has 16 heteroatoms. The minimum absolute atomic E-state index is 0.347. The van der Waals surface area contributed by atoms with E-state index in [0.717, 1.165) is 0 Å². The van der Waals surface area contributed by atoms with Crippen LogP contribution >= 0.6 is 95.6 Å². The highest BCUT2D eigenvalue weighted by molar-refractivity contribution is 9.39. The lowest BCUT2D eigenvalue weighted by Crippen LogP contribution is -2.19.